The number of benzene rings is 2. The van der Waals surface area contributed by atoms with E-state index in [9.17, 15) is 4.79 Å². The van der Waals surface area contributed by atoms with Crippen molar-refractivity contribution in [3.8, 4) is 11.5 Å². The van der Waals surface area contributed by atoms with E-state index in [4.69, 9.17) is 4.74 Å². The van der Waals surface area contributed by atoms with Crippen LogP contribution in [0.2, 0.25) is 0 Å². The van der Waals surface area contributed by atoms with Gasteiger partial charge >= 0.3 is 0 Å². The lowest BCUT2D eigenvalue weighted by Gasteiger charge is -2.27. The van der Waals surface area contributed by atoms with Gasteiger partial charge in [0.2, 0.25) is 0 Å². The van der Waals surface area contributed by atoms with E-state index in [1.807, 2.05) is 66.7 Å². The molecule has 0 radical (unpaired) electrons. The maximum absolute atomic E-state index is 12.7. The number of ether oxygens (including phenoxy) is 1. The Kier molecular flexibility index (Phi) is 5.52. The Balaban J connectivity index is 1.46. The first-order chi connectivity index (χ1) is 13.8. The van der Waals surface area contributed by atoms with Crippen molar-refractivity contribution >= 4 is 17.4 Å². The summed E-state index contributed by atoms with van der Waals surface area (Å²) in [7, 11) is 0. The van der Waals surface area contributed by atoms with Crippen LogP contribution < -0.4 is 15.0 Å². The van der Waals surface area contributed by atoms with Crippen LogP contribution in [0.3, 0.4) is 0 Å². The molecule has 28 heavy (non-hydrogen) atoms. The molecule has 0 bridgehead atoms. The fourth-order valence-electron chi connectivity index (χ4n) is 3.30. The molecule has 1 aromatic heterocycles. The number of rotatable bonds is 5. The van der Waals surface area contributed by atoms with E-state index in [-0.39, 0.29) is 5.91 Å². The van der Waals surface area contributed by atoms with Crippen LogP contribution in [0.1, 0.15) is 29.6 Å². The van der Waals surface area contributed by atoms with Crippen molar-refractivity contribution in [2.45, 2.75) is 19.3 Å². The zero-order valence-corrected chi connectivity index (χ0v) is 15.7. The molecule has 0 spiro atoms. The van der Waals surface area contributed by atoms with Gasteiger partial charge in [0.25, 0.3) is 5.91 Å². The van der Waals surface area contributed by atoms with Crippen molar-refractivity contribution in [2.75, 3.05) is 23.3 Å². The molecule has 1 fully saturated rings. The van der Waals surface area contributed by atoms with Crippen molar-refractivity contribution in [1.29, 1.82) is 0 Å². The second-order valence-electron chi connectivity index (χ2n) is 6.82. The number of carbonyl (C=O) groups excluding carboxylic acids is 1. The van der Waals surface area contributed by atoms with Gasteiger partial charge in [-0.25, -0.2) is 4.98 Å². The van der Waals surface area contributed by atoms with Crippen LogP contribution in [0.25, 0.3) is 0 Å². The highest BCUT2D eigenvalue weighted by atomic mass is 16.5. The van der Waals surface area contributed by atoms with Crippen LogP contribution in [-0.2, 0) is 0 Å². The van der Waals surface area contributed by atoms with Gasteiger partial charge in [-0.2, -0.15) is 0 Å². The van der Waals surface area contributed by atoms with Crippen LogP contribution in [0, 0.1) is 0 Å². The lowest BCUT2D eigenvalue weighted by molar-refractivity contribution is 0.102. The zero-order chi connectivity index (χ0) is 19.2. The largest absolute Gasteiger partial charge is 0.455 e. The Morgan fingerprint density at radius 3 is 2.39 bits per heavy atom. The molecule has 1 saturated heterocycles. The fourth-order valence-corrected chi connectivity index (χ4v) is 3.30. The van der Waals surface area contributed by atoms with Gasteiger partial charge in [-0.3, -0.25) is 4.79 Å². The van der Waals surface area contributed by atoms with Gasteiger partial charge in [0, 0.05) is 19.3 Å². The van der Waals surface area contributed by atoms with Crippen molar-refractivity contribution in [3.05, 3.63) is 78.5 Å². The quantitative estimate of drug-likeness (QED) is 0.675. The van der Waals surface area contributed by atoms with Gasteiger partial charge in [-0.05, 0) is 55.7 Å². The number of nitrogens with one attached hydrogen (secondary N) is 1. The van der Waals surface area contributed by atoms with E-state index < -0.39 is 0 Å². The summed E-state index contributed by atoms with van der Waals surface area (Å²) in [4.78, 5) is 19.4. The van der Waals surface area contributed by atoms with Gasteiger partial charge in [0.05, 0.1) is 11.3 Å². The normalized spacial score (nSPS) is 13.8. The predicted octanol–water partition coefficient (Wildman–Crippen LogP) is 5.12. The molecule has 1 N–H and O–H groups in total. The van der Waals surface area contributed by atoms with E-state index in [1.54, 1.807) is 6.20 Å². The first kappa shape index (κ1) is 18.0. The van der Waals surface area contributed by atoms with Crippen LogP contribution in [0.15, 0.2) is 72.9 Å². The van der Waals surface area contributed by atoms with Crippen molar-refractivity contribution in [3.63, 3.8) is 0 Å². The monoisotopic (exact) mass is 373 g/mol. The van der Waals surface area contributed by atoms with Crippen molar-refractivity contribution in [1.82, 2.24) is 4.98 Å². The maximum atomic E-state index is 12.7. The van der Waals surface area contributed by atoms with Gasteiger partial charge < -0.3 is 15.0 Å². The Morgan fingerprint density at radius 1 is 0.893 bits per heavy atom. The molecule has 142 valence electrons. The Morgan fingerprint density at radius 2 is 1.64 bits per heavy atom. The number of aromatic nitrogens is 1. The summed E-state index contributed by atoms with van der Waals surface area (Å²) in [5.41, 5.74) is 1.15. The molecule has 5 nitrogen and oxygen atoms in total. The third kappa shape index (κ3) is 4.31. The molecule has 2 heterocycles. The van der Waals surface area contributed by atoms with E-state index in [1.165, 1.54) is 19.3 Å². The highest BCUT2D eigenvalue weighted by Gasteiger charge is 2.14. The number of carbonyl (C=O) groups is 1. The molecule has 1 amide bonds. The van der Waals surface area contributed by atoms with Gasteiger partial charge in [0.15, 0.2) is 5.75 Å². The molecule has 2 aromatic carbocycles. The molecule has 0 unspecified atom stereocenters. The van der Waals surface area contributed by atoms with Crippen molar-refractivity contribution in [2.24, 2.45) is 0 Å². The standard InChI is InChI=1S/C23H23N3O2/c27-23(18-13-14-22(24-17-18)26-15-7-2-8-16-26)25-20-11-5-6-12-21(20)28-19-9-3-1-4-10-19/h1,3-6,9-14,17H,2,7-8,15-16H2,(H,25,27). The lowest BCUT2D eigenvalue weighted by atomic mass is 10.1. The molecule has 0 atom stereocenters. The van der Waals surface area contributed by atoms with Crippen LogP contribution in [-0.4, -0.2) is 24.0 Å². The minimum atomic E-state index is -0.207. The average molecular weight is 373 g/mol. The topological polar surface area (TPSA) is 54.5 Å². The number of amides is 1. The Hall–Kier alpha value is -3.34. The fraction of sp³-hybridized carbons (Fsp3) is 0.217. The summed E-state index contributed by atoms with van der Waals surface area (Å²) in [5.74, 6) is 2.04. The molecule has 0 aliphatic carbocycles. The molecule has 3 aromatic rings. The second-order valence-corrected chi connectivity index (χ2v) is 6.82. The number of pyridine rings is 1. The maximum Gasteiger partial charge on any atom is 0.257 e. The molecule has 0 saturated carbocycles. The van der Waals surface area contributed by atoms with Crippen molar-refractivity contribution < 1.29 is 9.53 Å². The first-order valence-corrected chi connectivity index (χ1v) is 9.64. The van der Waals surface area contributed by atoms with Crippen LogP contribution in [0.4, 0.5) is 11.5 Å². The SMILES string of the molecule is O=C(Nc1ccccc1Oc1ccccc1)c1ccc(N2CCCCC2)nc1. The summed E-state index contributed by atoms with van der Waals surface area (Å²) in [6, 6.07) is 20.7. The van der Waals surface area contributed by atoms with E-state index in [0.29, 0.717) is 17.0 Å². The highest BCUT2D eigenvalue weighted by molar-refractivity contribution is 6.04. The van der Waals surface area contributed by atoms with Crippen LogP contribution >= 0.6 is 0 Å². The molecule has 1 aliphatic heterocycles. The molecular weight excluding hydrogens is 350 g/mol. The Labute approximate surface area is 165 Å². The lowest BCUT2D eigenvalue weighted by Crippen LogP contribution is -2.30. The number of piperidine rings is 1. The Bertz CT molecular complexity index is 920. The third-order valence-corrected chi connectivity index (χ3v) is 4.80. The number of anilines is 2. The van der Waals surface area contributed by atoms with E-state index in [0.717, 1.165) is 24.7 Å². The first-order valence-electron chi connectivity index (χ1n) is 9.64. The number of nitrogens with zero attached hydrogens (tertiary/aromatic N) is 2. The summed E-state index contributed by atoms with van der Waals surface area (Å²) in [5, 5.41) is 2.93. The minimum absolute atomic E-state index is 0.207. The molecular formula is C23H23N3O2. The predicted molar refractivity (Wildman–Crippen MR) is 111 cm³/mol. The third-order valence-electron chi connectivity index (χ3n) is 4.80. The molecule has 1 aliphatic rings. The minimum Gasteiger partial charge on any atom is -0.455 e. The summed E-state index contributed by atoms with van der Waals surface area (Å²) in [6.45, 7) is 2.06. The van der Waals surface area contributed by atoms with Crippen LogP contribution in [0.5, 0.6) is 11.5 Å². The molecule has 5 heteroatoms. The smallest absolute Gasteiger partial charge is 0.257 e. The number of hydrogen-bond acceptors (Lipinski definition) is 4. The summed E-state index contributed by atoms with van der Waals surface area (Å²) in [6.07, 6.45) is 5.31. The van der Waals surface area contributed by atoms with Gasteiger partial charge in [-0.15, -0.1) is 0 Å². The number of hydrogen-bond donors (Lipinski definition) is 1. The summed E-state index contributed by atoms with van der Waals surface area (Å²) >= 11 is 0. The zero-order valence-electron chi connectivity index (χ0n) is 15.7. The number of para-hydroxylation sites is 3. The second kappa shape index (κ2) is 8.57. The van der Waals surface area contributed by atoms with Gasteiger partial charge in [0.1, 0.15) is 11.6 Å². The molecule has 4 rings (SSSR count). The average Bonchev–Trinajstić information content (AvgIpc) is 2.76. The van der Waals surface area contributed by atoms with E-state index >= 15 is 0 Å². The summed E-state index contributed by atoms with van der Waals surface area (Å²) < 4.78 is 5.91. The highest BCUT2D eigenvalue weighted by Crippen LogP contribution is 2.29. The van der Waals surface area contributed by atoms with Gasteiger partial charge in [-0.1, -0.05) is 30.3 Å². The van der Waals surface area contributed by atoms with E-state index in [2.05, 4.69) is 15.2 Å².